The highest BCUT2D eigenvalue weighted by molar-refractivity contribution is 6.40. The molecule has 2 rings (SSSR count). The van der Waals surface area contributed by atoms with Gasteiger partial charge in [0.15, 0.2) is 5.15 Å². The van der Waals surface area contributed by atoms with Crippen molar-refractivity contribution < 1.29 is 4.79 Å². The molecule has 5 nitrogen and oxygen atoms in total. The number of hydrogen-bond donors (Lipinski definition) is 1. The first-order chi connectivity index (χ1) is 9.49. The Morgan fingerprint density at radius 3 is 2.75 bits per heavy atom. The molecule has 1 aromatic heterocycles. The summed E-state index contributed by atoms with van der Waals surface area (Å²) in [5.74, 6) is -0.346. The van der Waals surface area contributed by atoms with Crippen molar-refractivity contribution in [3.05, 3.63) is 56.7 Å². The van der Waals surface area contributed by atoms with Gasteiger partial charge < -0.3 is 5.32 Å². The number of carbonyl (C=O) groups is 1. The lowest BCUT2D eigenvalue weighted by Gasteiger charge is -2.09. The van der Waals surface area contributed by atoms with E-state index < -0.39 is 5.56 Å². The summed E-state index contributed by atoms with van der Waals surface area (Å²) in [4.78, 5) is 27.4. The molecular weight excluding hydrogens is 301 g/mol. The molecule has 0 radical (unpaired) electrons. The third-order valence-electron chi connectivity index (χ3n) is 2.67. The summed E-state index contributed by atoms with van der Waals surface area (Å²) in [7, 11) is 0. The lowest BCUT2D eigenvalue weighted by molar-refractivity contribution is -0.116. The fraction of sp³-hybridized carbons (Fsp3) is 0.154. The minimum absolute atomic E-state index is 0.0766. The summed E-state index contributed by atoms with van der Waals surface area (Å²) >= 11 is 11.3. The molecule has 7 heteroatoms. The molecule has 0 atom stereocenters. The molecule has 0 fully saturated rings. The molecule has 1 N–H and O–H groups in total. The van der Waals surface area contributed by atoms with E-state index in [0.29, 0.717) is 5.69 Å². The predicted molar refractivity (Wildman–Crippen MR) is 78.3 cm³/mol. The third-order valence-corrected chi connectivity index (χ3v) is 3.40. The topological polar surface area (TPSA) is 64.0 Å². The molecule has 1 amide bonds. The molecule has 0 saturated carbocycles. The molecule has 1 aromatic carbocycles. The van der Waals surface area contributed by atoms with Crippen molar-refractivity contribution in [3.63, 3.8) is 0 Å². The molecule has 2 aromatic rings. The van der Waals surface area contributed by atoms with Crippen molar-refractivity contribution >= 4 is 34.8 Å². The van der Waals surface area contributed by atoms with Gasteiger partial charge in [-0.3, -0.25) is 14.2 Å². The van der Waals surface area contributed by atoms with E-state index in [1.54, 1.807) is 6.07 Å². The summed E-state index contributed by atoms with van der Waals surface area (Å²) in [5.41, 5.74) is 1.07. The normalized spacial score (nSPS) is 10.3. The second-order valence-corrected chi connectivity index (χ2v) is 4.88. The minimum Gasteiger partial charge on any atom is -0.324 e. The van der Waals surface area contributed by atoms with Crippen LogP contribution in [0, 0.1) is 6.92 Å². The fourth-order valence-electron chi connectivity index (χ4n) is 1.61. The van der Waals surface area contributed by atoms with Crippen LogP contribution in [0.5, 0.6) is 0 Å². The Bertz CT molecular complexity index is 713. The first kappa shape index (κ1) is 14.6. The van der Waals surface area contributed by atoms with Crippen molar-refractivity contribution in [1.29, 1.82) is 0 Å². The highest BCUT2D eigenvalue weighted by Gasteiger charge is 2.11. The van der Waals surface area contributed by atoms with Crippen LogP contribution in [0.3, 0.4) is 0 Å². The second kappa shape index (κ2) is 6.07. The molecular formula is C13H11Cl2N3O2. The SMILES string of the molecule is Cc1ccccc1NC(=O)Cn1cnc(Cl)c(Cl)c1=O. The van der Waals surface area contributed by atoms with Crippen LogP contribution in [0.25, 0.3) is 0 Å². The number of benzene rings is 1. The number of rotatable bonds is 3. The summed E-state index contributed by atoms with van der Waals surface area (Å²) in [6.07, 6.45) is 1.19. The van der Waals surface area contributed by atoms with Gasteiger partial charge in [-0.25, -0.2) is 4.98 Å². The molecule has 0 bridgehead atoms. The van der Waals surface area contributed by atoms with Gasteiger partial charge in [0.2, 0.25) is 5.91 Å². The number of hydrogen-bond acceptors (Lipinski definition) is 3. The number of anilines is 1. The maximum Gasteiger partial charge on any atom is 0.274 e. The van der Waals surface area contributed by atoms with Crippen LogP contribution in [-0.2, 0) is 11.3 Å². The number of halogens is 2. The van der Waals surface area contributed by atoms with Gasteiger partial charge in [0.1, 0.15) is 11.6 Å². The zero-order chi connectivity index (χ0) is 14.7. The Kier molecular flexibility index (Phi) is 4.42. The lowest BCUT2D eigenvalue weighted by atomic mass is 10.2. The predicted octanol–water partition coefficient (Wildman–Crippen LogP) is 2.50. The standard InChI is InChI=1S/C13H11Cl2N3O2/c1-8-4-2-3-5-9(8)17-10(19)6-18-7-16-12(15)11(14)13(18)20/h2-5,7H,6H2,1H3,(H,17,19). The van der Waals surface area contributed by atoms with E-state index in [-0.39, 0.29) is 22.6 Å². The Balaban J connectivity index is 2.15. The zero-order valence-corrected chi connectivity index (χ0v) is 12.1. The van der Waals surface area contributed by atoms with Gasteiger partial charge in [-0.05, 0) is 18.6 Å². The summed E-state index contributed by atoms with van der Waals surface area (Å²) in [6.45, 7) is 1.69. The molecule has 104 valence electrons. The van der Waals surface area contributed by atoms with E-state index in [1.807, 2.05) is 25.1 Å². The number of aromatic nitrogens is 2. The smallest absolute Gasteiger partial charge is 0.274 e. The van der Waals surface area contributed by atoms with Crippen LogP contribution in [0.4, 0.5) is 5.69 Å². The van der Waals surface area contributed by atoms with Crippen molar-refractivity contribution in [2.24, 2.45) is 0 Å². The number of nitrogens with one attached hydrogen (secondary N) is 1. The van der Waals surface area contributed by atoms with Gasteiger partial charge in [-0.2, -0.15) is 0 Å². The first-order valence-electron chi connectivity index (χ1n) is 5.75. The van der Waals surface area contributed by atoms with Crippen LogP contribution in [0.15, 0.2) is 35.4 Å². The highest BCUT2D eigenvalue weighted by Crippen LogP contribution is 2.14. The molecule has 20 heavy (non-hydrogen) atoms. The lowest BCUT2D eigenvalue weighted by Crippen LogP contribution is -2.28. The molecule has 0 aliphatic carbocycles. The summed E-state index contributed by atoms with van der Waals surface area (Å²) in [5, 5.41) is 2.44. The van der Waals surface area contributed by atoms with E-state index in [1.165, 1.54) is 6.33 Å². The number of carbonyl (C=O) groups excluding carboxylic acids is 1. The van der Waals surface area contributed by atoms with E-state index >= 15 is 0 Å². The maximum atomic E-state index is 11.9. The average Bonchev–Trinajstić information content (AvgIpc) is 2.42. The van der Waals surface area contributed by atoms with Crippen molar-refractivity contribution in [2.45, 2.75) is 13.5 Å². The summed E-state index contributed by atoms with van der Waals surface area (Å²) in [6, 6.07) is 7.35. The molecule has 1 heterocycles. The number of nitrogens with zero attached hydrogens (tertiary/aromatic N) is 2. The second-order valence-electron chi connectivity index (χ2n) is 4.15. The molecule has 0 unspecified atom stereocenters. The van der Waals surface area contributed by atoms with E-state index in [2.05, 4.69) is 10.3 Å². The van der Waals surface area contributed by atoms with Crippen LogP contribution in [0.1, 0.15) is 5.56 Å². The quantitative estimate of drug-likeness (QED) is 0.886. The van der Waals surface area contributed by atoms with E-state index in [0.717, 1.165) is 10.1 Å². The molecule has 0 aliphatic rings. The van der Waals surface area contributed by atoms with Gasteiger partial charge in [0.25, 0.3) is 5.56 Å². The van der Waals surface area contributed by atoms with E-state index in [9.17, 15) is 9.59 Å². The number of amides is 1. The number of para-hydroxylation sites is 1. The average molecular weight is 312 g/mol. The van der Waals surface area contributed by atoms with Gasteiger partial charge in [-0.1, -0.05) is 41.4 Å². The van der Waals surface area contributed by atoms with Crippen molar-refractivity contribution in [1.82, 2.24) is 9.55 Å². The first-order valence-corrected chi connectivity index (χ1v) is 6.50. The number of aryl methyl sites for hydroxylation is 1. The Morgan fingerprint density at radius 1 is 1.35 bits per heavy atom. The Hall–Kier alpha value is -1.85. The zero-order valence-electron chi connectivity index (χ0n) is 10.6. The third kappa shape index (κ3) is 3.18. The van der Waals surface area contributed by atoms with Gasteiger partial charge >= 0.3 is 0 Å². The van der Waals surface area contributed by atoms with E-state index in [4.69, 9.17) is 23.2 Å². The largest absolute Gasteiger partial charge is 0.324 e. The Morgan fingerprint density at radius 2 is 2.05 bits per heavy atom. The van der Waals surface area contributed by atoms with Gasteiger partial charge in [0.05, 0.1) is 6.33 Å². The molecule has 0 spiro atoms. The molecule has 0 aliphatic heterocycles. The minimum atomic E-state index is -0.549. The van der Waals surface area contributed by atoms with Crippen LogP contribution in [-0.4, -0.2) is 15.5 Å². The fourth-order valence-corrected chi connectivity index (χ4v) is 1.90. The van der Waals surface area contributed by atoms with Crippen molar-refractivity contribution in [3.8, 4) is 0 Å². The van der Waals surface area contributed by atoms with Crippen LogP contribution >= 0.6 is 23.2 Å². The monoisotopic (exact) mass is 311 g/mol. The van der Waals surface area contributed by atoms with Crippen LogP contribution < -0.4 is 10.9 Å². The van der Waals surface area contributed by atoms with Crippen LogP contribution in [0.2, 0.25) is 10.2 Å². The highest BCUT2D eigenvalue weighted by atomic mass is 35.5. The summed E-state index contributed by atoms with van der Waals surface area (Å²) < 4.78 is 1.10. The van der Waals surface area contributed by atoms with Gasteiger partial charge in [0, 0.05) is 5.69 Å². The maximum absolute atomic E-state index is 11.9. The van der Waals surface area contributed by atoms with Gasteiger partial charge in [-0.15, -0.1) is 0 Å². The molecule has 0 saturated heterocycles. The Labute approximate surface area is 125 Å². The van der Waals surface area contributed by atoms with Crippen molar-refractivity contribution in [2.75, 3.05) is 5.32 Å².